The number of aryl methyl sites for hydroxylation is 1. The van der Waals surface area contributed by atoms with Gasteiger partial charge in [-0.25, -0.2) is 0 Å². The van der Waals surface area contributed by atoms with Crippen molar-refractivity contribution in [3.63, 3.8) is 0 Å². The molecule has 0 aromatic heterocycles. The zero-order valence-electron chi connectivity index (χ0n) is 14.0. The number of amides is 1. The average Bonchev–Trinajstić information content (AvgIpc) is 2.94. The molecule has 0 spiro atoms. The number of nitrogens with one attached hydrogen (secondary N) is 1. The first-order valence-corrected chi connectivity index (χ1v) is 8.50. The van der Waals surface area contributed by atoms with Crippen molar-refractivity contribution >= 4 is 11.7 Å². The summed E-state index contributed by atoms with van der Waals surface area (Å²) in [4.78, 5) is 26.5. The Hall–Kier alpha value is -1.76. The highest BCUT2D eigenvalue weighted by Crippen LogP contribution is 2.25. The summed E-state index contributed by atoms with van der Waals surface area (Å²) in [6, 6.07) is 5.37. The van der Waals surface area contributed by atoms with Crippen LogP contribution in [0.25, 0.3) is 0 Å². The molecule has 130 valence electrons. The second kappa shape index (κ2) is 7.42. The minimum Gasteiger partial charge on any atom is -0.390 e. The normalized spacial score (nSPS) is 22.2. The van der Waals surface area contributed by atoms with Crippen LogP contribution in [0.3, 0.4) is 0 Å². The SMILES string of the molecule is CC1CN(CC(O)CNC(=O)c2cccc3c2C(=O)CC3)CCO1. The van der Waals surface area contributed by atoms with Crippen molar-refractivity contribution in [1.82, 2.24) is 10.2 Å². The van der Waals surface area contributed by atoms with E-state index in [-0.39, 0.29) is 24.3 Å². The molecule has 2 aliphatic rings. The molecular formula is C18H24N2O4. The fraction of sp³-hybridized carbons (Fsp3) is 0.556. The van der Waals surface area contributed by atoms with Crippen molar-refractivity contribution in [3.8, 4) is 0 Å². The Kier molecular flexibility index (Phi) is 5.28. The topological polar surface area (TPSA) is 78.9 Å². The third-order valence-electron chi connectivity index (χ3n) is 4.59. The summed E-state index contributed by atoms with van der Waals surface area (Å²) in [7, 11) is 0. The first-order valence-electron chi connectivity index (χ1n) is 8.50. The number of nitrogens with zero attached hydrogens (tertiary/aromatic N) is 1. The Labute approximate surface area is 141 Å². The van der Waals surface area contributed by atoms with Crippen LogP contribution in [0.2, 0.25) is 0 Å². The van der Waals surface area contributed by atoms with Crippen LogP contribution in [0.4, 0.5) is 0 Å². The van der Waals surface area contributed by atoms with Gasteiger partial charge in [0.2, 0.25) is 0 Å². The lowest BCUT2D eigenvalue weighted by molar-refractivity contribution is -0.0311. The van der Waals surface area contributed by atoms with Crippen LogP contribution in [0.5, 0.6) is 0 Å². The maximum Gasteiger partial charge on any atom is 0.252 e. The Morgan fingerprint density at radius 1 is 1.46 bits per heavy atom. The Morgan fingerprint density at radius 2 is 2.29 bits per heavy atom. The summed E-state index contributed by atoms with van der Waals surface area (Å²) >= 11 is 0. The molecule has 1 saturated heterocycles. The molecule has 2 N–H and O–H groups in total. The number of Topliss-reactive ketones (excluding diaryl/α,β-unsaturated/α-hetero) is 1. The van der Waals surface area contributed by atoms with Crippen molar-refractivity contribution in [1.29, 1.82) is 0 Å². The molecule has 3 rings (SSSR count). The standard InChI is InChI=1S/C18H24N2O4/c1-12-10-20(7-8-24-12)11-14(21)9-19-18(23)15-4-2-3-13-5-6-16(22)17(13)15/h2-4,12,14,21H,5-11H2,1H3,(H,19,23). The Balaban J connectivity index is 1.54. The zero-order chi connectivity index (χ0) is 17.1. The number of carbonyl (C=O) groups excluding carboxylic acids is 2. The maximum absolute atomic E-state index is 12.4. The number of carbonyl (C=O) groups is 2. The van der Waals surface area contributed by atoms with E-state index in [0.717, 1.165) is 18.7 Å². The first-order chi connectivity index (χ1) is 11.5. The van der Waals surface area contributed by atoms with Gasteiger partial charge in [0.05, 0.1) is 24.4 Å². The monoisotopic (exact) mass is 332 g/mol. The highest BCUT2D eigenvalue weighted by atomic mass is 16.5. The van der Waals surface area contributed by atoms with E-state index in [0.29, 0.717) is 37.1 Å². The lowest BCUT2D eigenvalue weighted by Gasteiger charge is -2.32. The molecule has 24 heavy (non-hydrogen) atoms. The quantitative estimate of drug-likeness (QED) is 0.827. The first kappa shape index (κ1) is 17.1. The summed E-state index contributed by atoms with van der Waals surface area (Å²) < 4.78 is 5.47. The molecule has 1 aliphatic carbocycles. The molecule has 6 nitrogen and oxygen atoms in total. The van der Waals surface area contributed by atoms with Gasteiger partial charge in [-0.15, -0.1) is 0 Å². The van der Waals surface area contributed by atoms with E-state index in [1.807, 2.05) is 13.0 Å². The average molecular weight is 332 g/mol. The van der Waals surface area contributed by atoms with E-state index in [1.165, 1.54) is 0 Å². The van der Waals surface area contributed by atoms with E-state index in [9.17, 15) is 14.7 Å². The molecule has 1 aromatic carbocycles. The lowest BCUT2D eigenvalue weighted by Crippen LogP contribution is -2.47. The molecule has 2 atom stereocenters. The van der Waals surface area contributed by atoms with E-state index in [2.05, 4.69) is 10.2 Å². The van der Waals surface area contributed by atoms with Crippen LogP contribution in [-0.4, -0.2) is 66.7 Å². The number of aliphatic hydroxyl groups is 1. The van der Waals surface area contributed by atoms with Gasteiger partial charge in [-0.05, 0) is 25.0 Å². The number of fused-ring (bicyclic) bond motifs is 1. The highest BCUT2D eigenvalue weighted by Gasteiger charge is 2.26. The molecule has 2 unspecified atom stereocenters. The van der Waals surface area contributed by atoms with Gasteiger partial charge >= 0.3 is 0 Å². The van der Waals surface area contributed by atoms with Gasteiger partial charge in [0, 0.05) is 38.2 Å². The predicted octanol–water partition coefficient (Wildman–Crippen LogP) is 0.627. The van der Waals surface area contributed by atoms with Crippen LogP contribution < -0.4 is 5.32 Å². The van der Waals surface area contributed by atoms with Crippen LogP contribution in [0, 0.1) is 0 Å². The van der Waals surface area contributed by atoms with Crippen molar-refractivity contribution in [2.45, 2.75) is 32.0 Å². The van der Waals surface area contributed by atoms with Gasteiger partial charge in [-0.1, -0.05) is 12.1 Å². The van der Waals surface area contributed by atoms with Crippen molar-refractivity contribution in [3.05, 3.63) is 34.9 Å². The minimum atomic E-state index is -0.647. The van der Waals surface area contributed by atoms with Crippen LogP contribution >= 0.6 is 0 Å². The summed E-state index contributed by atoms with van der Waals surface area (Å²) in [5.74, 6) is -0.268. The number of rotatable bonds is 5. The number of ether oxygens (including phenoxy) is 1. The molecular weight excluding hydrogens is 308 g/mol. The zero-order valence-corrected chi connectivity index (χ0v) is 14.0. The summed E-state index contributed by atoms with van der Waals surface area (Å²) in [5, 5.41) is 12.9. The molecule has 6 heteroatoms. The van der Waals surface area contributed by atoms with Crippen LogP contribution in [0.1, 0.15) is 39.6 Å². The molecule has 1 amide bonds. The Bertz CT molecular complexity index is 631. The molecule has 0 radical (unpaired) electrons. The third-order valence-corrected chi connectivity index (χ3v) is 4.59. The summed E-state index contributed by atoms with van der Waals surface area (Å²) in [5.41, 5.74) is 1.91. The van der Waals surface area contributed by atoms with E-state index >= 15 is 0 Å². The van der Waals surface area contributed by atoms with Crippen molar-refractivity contribution in [2.75, 3.05) is 32.8 Å². The molecule has 1 aliphatic heterocycles. The van der Waals surface area contributed by atoms with Crippen LogP contribution in [0.15, 0.2) is 18.2 Å². The predicted molar refractivity (Wildman–Crippen MR) is 89.3 cm³/mol. The fourth-order valence-electron chi connectivity index (χ4n) is 3.42. The highest BCUT2D eigenvalue weighted by molar-refractivity contribution is 6.10. The van der Waals surface area contributed by atoms with Crippen molar-refractivity contribution < 1.29 is 19.4 Å². The van der Waals surface area contributed by atoms with Gasteiger partial charge in [0.25, 0.3) is 5.91 Å². The third kappa shape index (κ3) is 3.83. The molecule has 1 fully saturated rings. The number of hydrogen-bond donors (Lipinski definition) is 2. The second-order valence-electron chi connectivity index (χ2n) is 6.57. The minimum absolute atomic E-state index is 0.0265. The molecule has 0 bridgehead atoms. The van der Waals surface area contributed by atoms with Gasteiger partial charge in [0.15, 0.2) is 5.78 Å². The summed E-state index contributed by atoms with van der Waals surface area (Å²) in [6.45, 7) is 4.91. The molecule has 0 saturated carbocycles. The smallest absolute Gasteiger partial charge is 0.252 e. The number of hydrogen-bond acceptors (Lipinski definition) is 5. The number of benzene rings is 1. The van der Waals surface area contributed by atoms with E-state index in [1.54, 1.807) is 12.1 Å². The maximum atomic E-state index is 12.4. The number of aliphatic hydroxyl groups excluding tert-OH is 1. The van der Waals surface area contributed by atoms with Gasteiger partial charge in [-0.3, -0.25) is 14.5 Å². The molecule has 1 aromatic rings. The molecule has 1 heterocycles. The van der Waals surface area contributed by atoms with Gasteiger partial charge in [0.1, 0.15) is 0 Å². The van der Waals surface area contributed by atoms with E-state index in [4.69, 9.17) is 4.74 Å². The number of ketones is 1. The fourth-order valence-corrected chi connectivity index (χ4v) is 3.42. The number of morpholine rings is 1. The lowest BCUT2D eigenvalue weighted by atomic mass is 10.0. The van der Waals surface area contributed by atoms with Gasteiger partial charge in [-0.2, -0.15) is 0 Å². The van der Waals surface area contributed by atoms with Crippen molar-refractivity contribution in [2.24, 2.45) is 0 Å². The summed E-state index contributed by atoms with van der Waals surface area (Å²) in [6.07, 6.45) is 0.690. The second-order valence-corrected chi connectivity index (χ2v) is 6.57. The Morgan fingerprint density at radius 3 is 3.08 bits per heavy atom. The van der Waals surface area contributed by atoms with Gasteiger partial charge < -0.3 is 15.2 Å². The van der Waals surface area contributed by atoms with E-state index < -0.39 is 6.10 Å². The largest absolute Gasteiger partial charge is 0.390 e. The van der Waals surface area contributed by atoms with Crippen LogP contribution in [-0.2, 0) is 11.2 Å². The number of β-amino-alcohol motifs (C(OH)–C–C–N with tert-alkyl or cyclic N) is 1.